The summed E-state index contributed by atoms with van der Waals surface area (Å²) in [7, 11) is 0. The van der Waals surface area contributed by atoms with Crippen LogP contribution in [0.2, 0.25) is 0 Å². The number of unbranched alkanes of at least 4 members (excludes halogenated alkanes) is 2. The Bertz CT molecular complexity index is 1030. The highest BCUT2D eigenvalue weighted by Crippen LogP contribution is 2.24. The number of nitrogens with zero attached hydrogens (tertiary/aromatic N) is 3. The molecule has 0 radical (unpaired) electrons. The normalized spacial score (nSPS) is 12.4. The predicted molar refractivity (Wildman–Crippen MR) is 110 cm³/mol. The summed E-state index contributed by atoms with van der Waals surface area (Å²) >= 11 is 0. The van der Waals surface area contributed by atoms with Crippen molar-refractivity contribution >= 4 is 11.3 Å². The minimum atomic E-state index is -0.339. The second-order valence-electron chi connectivity index (χ2n) is 7.54. The van der Waals surface area contributed by atoms with E-state index in [4.69, 9.17) is 0 Å². The molecule has 148 valence electrons. The number of aromatic amines is 1. The molecule has 1 unspecified atom stereocenters. The molecule has 0 bridgehead atoms. The second kappa shape index (κ2) is 8.50. The van der Waals surface area contributed by atoms with Crippen LogP contribution in [0.25, 0.3) is 5.52 Å². The van der Waals surface area contributed by atoms with Crippen LogP contribution >= 0.6 is 0 Å². The molecule has 2 aromatic heterocycles. The monoisotopic (exact) mass is 380 g/mol. The second-order valence-corrected chi connectivity index (χ2v) is 7.54. The summed E-state index contributed by atoms with van der Waals surface area (Å²) in [6.07, 6.45) is 4.35. The minimum absolute atomic E-state index is 0.0603. The Morgan fingerprint density at radius 3 is 2.54 bits per heavy atom. The number of hydrogen-bond acceptors (Lipinski definition) is 4. The number of aryl methyl sites for hydroxylation is 2. The van der Waals surface area contributed by atoms with Crippen LogP contribution in [0, 0.1) is 13.8 Å². The van der Waals surface area contributed by atoms with E-state index in [0.717, 1.165) is 31.2 Å². The van der Waals surface area contributed by atoms with E-state index >= 15 is 0 Å². The van der Waals surface area contributed by atoms with Crippen LogP contribution in [-0.4, -0.2) is 25.4 Å². The third kappa shape index (κ3) is 4.21. The number of rotatable bonds is 8. The summed E-state index contributed by atoms with van der Waals surface area (Å²) in [5, 5.41) is 4.65. The molecular formula is C22H28N4O2. The Balaban J connectivity index is 2.03. The lowest BCUT2D eigenvalue weighted by Crippen LogP contribution is -2.20. The van der Waals surface area contributed by atoms with E-state index in [0.29, 0.717) is 29.3 Å². The van der Waals surface area contributed by atoms with Crippen molar-refractivity contribution in [2.45, 2.75) is 65.7 Å². The van der Waals surface area contributed by atoms with Crippen LogP contribution in [0.4, 0.5) is 0 Å². The van der Waals surface area contributed by atoms with Gasteiger partial charge in [0.2, 0.25) is 0 Å². The van der Waals surface area contributed by atoms with Crippen LogP contribution in [0.3, 0.4) is 0 Å². The van der Waals surface area contributed by atoms with Crippen molar-refractivity contribution in [2.75, 3.05) is 0 Å². The third-order valence-corrected chi connectivity index (χ3v) is 5.14. The van der Waals surface area contributed by atoms with Gasteiger partial charge in [0, 0.05) is 6.42 Å². The first-order valence-electron chi connectivity index (χ1n) is 9.95. The highest BCUT2D eigenvalue weighted by molar-refractivity contribution is 5.82. The Morgan fingerprint density at radius 2 is 1.89 bits per heavy atom. The van der Waals surface area contributed by atoms with Crippen molar-refractivity contribution < 1.29 is 4.79 Å². The van der Waals surface area contributed by atoms with Gasteiger partial charge in [0.1, 0.15) is 17.4 Å². The van der Waals surface area contributed by atoms with Crippen LogP contribution in [0.1, 0.15) is 73.9 Å². The molecule has 0 saturated carbocycles. The Kier molecular flexibility index (Phi) is 6.07. The average Bonchev–Trinajstić information content (AvgIpc) is 2.97. The number of carbonyl (C=O) groups excluding carboxylic acids is 1. The molecule has 28 heavy (non-hydrogen) atoms. The minimum Gasteiger partial charge on any atom is -0.307 e. The van der Waals surface area contributed by atoms with Gasteiger partial charge in [0.25, 0.3) is 5.56 Å². The van der Waals surface area contributed by atoms with Crippen molar-refractivity contribution in [3.8, 4) is 0 Å². The maximum absolute atomic E-state index is 12.7. The fourth-order valence-corrected chi connectivity index (χ4v) is 3.55. The first kappa shape index (κ1) is 20.0. The van der Waals surface area contributed by atoms with Gasteiger partial charge in [0.15, 0.2) is 5.52 Å². The van der Waals surface area contributed by atoms with E-state index in [1.807, 2.05) is 31.2 Å². The highest BCUT2D eigenvalue weighted by atomic mass is 16.1. The van der Waals surface area contributed by atoms with E-state index in [-0.39, 0.29) is 17.3 Å². The lowest BCUT2D eigenvalue weighted by atomic mass is 9.97. The van der Waals surface area contributed by atoms with Crippen LogP contribution in [0.15, 0.2) is 29.1 Å². The largest absolute Gasteiger partial charge is 0.307 e. The van der Waals surface area contributed by atoms with Crippen LogP contribution in [-0.2, 0) is 11.2 Å². The van der Waals surface area contributed by atoms with Gasteiger partial charge in [-0.05, 0) is 32.8 Å². The summed E-state index contributed by atoms with van der Waals surface area (Å²) in [6, 6.07) is 8.14. The number of nitrogens with one attached hydrogen (secondary N) is 1. The van der Waals surface area contributed by atoms with Gasteiger partial charge in [-0.25, -0.2) is 9.50 Å². The fourth-order valence-electron chi connectivity index (χ4n) is 3.55. The molecule has 0 fully saturated rings. The van der Waals surface area contributed by atoms with Gasteiger partial charge in [-0.2, -0.15) is 5.10 Å². The van der Waals surface area contributed by atoms with Gasteiger partial charge in [-0.3, -0.25) is 9.59 Å². The zero-order valence-electron chi connectivity index (χ0n) is 17.1. The molecule has 0 aliphatic carbocycles. The molecule has 0 spiro atoms. The van der Waals surface area contributed by atoms with Crippen molar-refractivity contribution in [3.05, 3.63) is 63.1 Å². The highest BCUT2D eigenvalue weighted by Gasteiger charge is 2.25. The summed E-state index contributed by atoms with van der Waals surface area (Å²) in [6.45, 7) is 7.55. The number of Topliss-reactive ketones (excluding diaryl/α,β-unsaturated/α-hetero) is 1. The first-order chi connectivity index (χ1) is 13.4. The number of H-pyrrole nitrogens is 1. The molecular weight excluding hydrogens is 352 g/mol. The molecule has 0 aliphatic heterocycles. The van der Waals surface area contributed by atoms with Crippen molar-refractivity contribution in [3.63, 3.8) is 0 Å². The standard InChI is InChI=1S/C22H28N4O2/c1-5-6-7-8-18(16(4)27)21-23-15(3)20-22(28)24-19(25-26(20)21)13-17-11-9-14(2)10-12-17/h9-12,18H,5-8,13H2,1-4H3,(H,24,25,28). The van der Waals surface area contributed by atoms with Crippen LogP contribution in [0.5, 0.6) is 0 Å². The smallest absolute Gasteiger partial charge is 0.277 e. The van der Waals surface area contributed by atoms with Gasteiger partial charge >= 0.3 is 0 Å². The molecule has 0 amide bonds. The summed E-state index contributed by atoms with van der Waals surface area (Å²) in [4.78, 5) is 32.5. The SMILES string of the molecule is CCCCCC(C(C)=O)c1nc(C)c2c(=O)[nH]c(Cc3ccc(C)cc3)nn12. The predicted octanol–water partition coefficient (Wildman–Crippen LogP) is 3.88. The number of carbonyl (C=O) groups is 1. The summed E-state index contributed by atoms with van der Waals surface area (Å²) in [5.41, 5.74) is 3.06. The summed E-state index contributed by atoms with van der Waals surface area (Å²) in [5.74, 6) is 0.864. The topological polar surface area (TPSA) is 80.1 Å². The van der Waals surface area contributed by atoms with Crippen molar-refractivity contribution in [1.29, 1.82) is 0 Å². The molecule has 0 aliphatic rings. The van der Waals surface area contributed by atoms with Gasteiger partial charge < -0.3 is 4.98 Å². The van der Waals surface area contributed by atoms with E-state index < -0.39 is 0 Å². The molecule has 6 nitrogen and oxygen atoms in total. The molecule has 2 heterocycles. The molecule has 3 aromatic rings. The first-order valence-corrected chi connectivity index (χ1v) is 9.95. The maximum Gasteiger partial charge on any atom is 0.277 e. The number of hydrogen-bond donors (Lipinski definition) is 1. The van der Waals surface area contributed by atoms with Crippen molar-refractivity contribution in [1.82, 2.24) is 19.6 Å². The third-order valence-electron chi connectivity index (χ3n) is 5.14. The lowest BCUT2D eigenvalue weighted by molar-refractivity contribution is -0.118. The molecule has 1 aromatic carbocycles. The lowest BCUT2D eigenvalue weighted by Gasteiger charge is -2.12. The molecule has 0 saturated heterocycles. The van der Waals surface area contributed by atoms with E-state index in [2.05, 4.69) is 22.0 Å². The van der Waals surface area contributed by atoms with E-state index in [9.17, 15) is 9.59 Å². The summed E-state index contributed by atoms with van der Waals surface area (Å²) < 4.78 is 1.59. The number of fused-ring (bicyclic) bond motifs is 1. The Morgan fingerprint density at radius 1 is 1.18 bits per heavy atom. The van der Waals surface area contributed by atoms with Gasteiger partial charge in [-0.1, -0.05) is 56.0 Å². The molecule has 3 rings (SSSR count). The number of imidazole rings is 1. The maximum atomic E-state index is 12.7. The fraction of sp³-hybridized carbons (Fsp3) is 0.455. The van der Waals surface area contributed by atoms with E-state index in [1.54, 1.807) is 18.4 Å². The van der Waals surface area contributed by atoms with Crippen molar-refractivity contribution in [2.24, 2.45) is 0 Å². The Labute approximate surface area is 165 Å². The number of ketones is 1. The van der Waals surface area contributed by atoms with E-state index in [1.165, 1.54) is 5.56 Å². The molecule has 6 heteroatoms. The average molecular weight is 380 g/mol. The zero-order chi connectivity index (χ0) is 20.3. The molecule has 1 N–H and O–H groups in total. The van der Waals surface area contributed by atoms with Gasteiger partial charge in [0.05, 0.1) is 11.6 Å². The number of aromatic nitrogens is 4. The van der Waals surface area contributed by atoms with Gasteiger partial charge in [-0.15, -0.1) is 0 Å². The quantitative estimate of drug-likeness (QED) is 0.602. The molecule has 1 atom stereocenters. The van der Waals surface area contributed by atoms with Crippen LogP contribution < -0.4 is 5.56 Å². The zero-order valence-corrected chi connectivity index (χ0v) is 17.1. The number of benzene rings is 1. The Hall–Kier alpha value is -2.76.